The molecule has 1 aliphatic carbocycles. The molecular formula is C9H15LiO. The SMILES string of the molecule is CC1CCCC/C=C(/[O-])C1.[Li+]. The topological polar surface area (TPSA) is 23.1 Å². The van der Waals surface area contributed by atoms with Gasteiger partial charge in [0.05, 0.1) is 0 Å². The minimum atomic E-state index is 0. The normalized spacial score (nSPS) is 30.6. The molecule has 0 saturated carbocycles. The summed E-state index contributed by atoms with van der Waals surface area (Å²) in [6.45, 7) is 2.16. The summed E-state index contributed by atoms with van der Waals surface area (Å²) in [5.74, 6) is 0.969. The van der Waals surface area contributed by atoms with Crippen molar-refractivity contribution in [1.82, 2.24) is 0 Å². The van der Waals surface area contributed by atoms with Gasteiger partial charge in [0, 0.05) is 0 Å². The molecule has 1 nitrogen and oxygen atoms in total. The van der Waals surface area contributed by atoms with E-state index in [1.54, 1.807) is 0 Å². The van der Waals surface area contributed by atoms with Crippen molar-refractivity contribution in [2.24, 2.45) is 5.92 Å². The molecule has 1 aliphatic rings. The van der Waals surface area contributed by atoms with Crippen LogP contribution in [0.5, 0.6) is 0 Å². The summed E-state index contributed by atoms with van der Waals surface area (Å²) >= 11 is 0. The van der Waals surface area contributed by atoms with E-state index in [9.17, 15) is 5.11 Å². The maximum absolute atomic E-state index is 11.0. The molecule has 0 aromatic rings. The Hall–Kier alpha value is 0.137. The first-order valence-corrected chi connectivity index (χ1v) is 4.15. The van der Waals surface area contributed by atoms with Crippen LogP contribution in [0.4, 0.5) is 0 Å². The average molecular weight is 146 g/mol. The zero-order chi connectivity index (χ0) is 7.40. The Bertz CT molecular complexity index is 132. The third kappa shape index (κ3) is 4.56. The molecule has 0 fully saturated rings. The number of rotatable bonds is 0. The molecule has 0 amide bonds. The minimum Gasteiger partial charge on any atom is -0.876 e. The van der Waals surface area contributed by atoms with E-state index in [0.29, 0.717) is 11.7 Å². The van der Waals surface area contributed by atoms with Crippen molar-refractivity contribution in [3.8, 4) is 0 Å². The Kier molecular flexibility index (Phi) is 5.82. The van der Waals surface area contributed by atoms with Crippen molar-refractivity contribution in [1.29, 1.82) is 0 Å². The second-order valence-electron chi connectivity index (χ2n) is 3.26. The third-order valence-corrected chi connectivity index (χ3v) is 2.07. The van der Waals surface area contributed by atoms with Gasteiger partial charge < -0.3 is 5.11 Å². The second-order valence-corrected chi connectivity index (χ2v) is 3.26. The van der Waals surface area contributed by atoms with E-state index in [-0.39, 0.29) is 18.9 Å². The predicted octanol–water partition coefficient (Wildman–Crippen LogP) is -1.17. The molecule has 0 heterocycles. The van der Waals surface area contributed by atoms with Crippen LogP contribution < -0.4 is 24.0 Å². The van der Waals surface area contributed by atoms with Crippen molar-refractivity contribution in [3.05, 3.63) is 11.8 Å². The summed E-state index contributed by atoms with van der Waals surface area (Å²) in [6, 6.07) is 0. The second kappa shape index (κ2) is 5.75. The van der Waals surface area contributed by atoms with E-state index in [1.165, 1.54) is 19.3 Å². The Labute approximate surface area is 81.1 Å². The van der Waals surface area contributed by atoms with Gasteiger partial charge in [0.2, 0.25) is 0 Å². The molecule has 1 atom stereocenters. The van der Waals surface area contributed by atoms with Crippen molar-refractivity contribution in [3.63, 3.8) is 0 Å². The fourth-order valence-electron chi connectivity index (χ4n) is 1.43. The fraction of sp³-hybridized carbons (Fsp3) is 0.778. The summed E-state index contributed by atoms with van der Waals surface area (Å²) < 4.78 is 0. The van der Waals surface area contributed by atoms with E-state index < -0.39 is 0 Å². The Morgan fingerprint density at radius 3 is 2.91 bits per heavy atom. The van der Waals surface area contributed by atoms with Crippen LogP contribution >= 0.6 is 0 Å². The molecule has 0 N–H and O–H groups in total. The van der Waals surface area contributed by atoms with Gasteiger partial charge in [0.25, 0.3) is 0 Å². The Morgan fingerprint density at radius 2 is 2.18 bits per heavy atom. The summed E-state index contributed by atoms with van der Waals surface area (Å²) in [4.78, 5) is 0. The van der Waals surface area contributed by atoms with Gasteiger partial charge >= 0.3 is 18.9 Å². The van der Waals surface area contributed by atoms with E-state index in [4.69, 9.17) is 0 Å². The van der Waals surface area contributed by atoms with Crippen LogP contribution in [0.1, 0.15) is 39.0 Å². The maximum atomic E-state index is 11.0. The van der Waals surface area contributed by atoms with Gasteiger partial charge in [0.1, 0.15) is 0 Å². The molecule has 1 unspecified atom stereocenters. The van der Waals surface area contributed by atoms with Crippen LogP contribution in [0.25, 0.3) is 0 Å². The molecule has 11 heavy (non-hydrogen) atoms. The maximum Gasteiger partial charge on any atom is 1.00 e. The summed E-state index contributed by atoms with van der Waals surface area (Å²) in [6.07, 6.45) is 7.38. The quantitative estimate of drug-likeness (QED) is 0.395. The average Bonchev–Trinajstić information content (AvgIpc) is 1.83. The molecule has 0 saturated heterocycles. The van der Waals surface area contributed by atoms with Crippen molar-refractivity contribution in [2.45, 2.75) is 39.0 Å². The van der Waals surface area contributed by atoms with Gasteiger partial charge in [-0.05, 0) is 25.2 Å². The predicted molar refractivity (Wildman–Crippen MR) is 40.3 cm³/mol. The standard InChI is InChI=1S/C9H16O.Li/c1-8-5-3-2-4-6-9(10)7-8;/h6,8,10H,2-5,7H2,1H3;/q;+1/p-1/b9-6+;. The van der Waals surface area contributed by atoms with Crippen LogP contribution in [-0.2, 0) is 0 Å². The van der Waals surface area contributed by atoms with Crippen LogP contribution in [0.15, 0.2) is 11.8 Å². The van der Waals surface area contributed by atoms with Gasteiger partial charge in [-0.3, -0.25) is 0 Å². The van der Waals surface area contributed by atoms with Gasteiger partial charge in [-0.15, -0.1) is 5.76 Å². The van der Waals surface area contributed by atoms with Crippen molar-refractivity contribution < 1.29 is 24.0 Å². The van der Waals surface area contributed by atoms with Crippen LogP contribution in [0, 0.1) is 5.92 Å². The van der Waals surface area contributed by atoms with Gasteiger partial charge in [-0.1, -0.05) is 25.8 Å². The van der Waals surface area contributed by atoms with E-state index in [1.807, 2.05) is 6.08 Å². The first-order chi connectivity index (χ1) is 4.79. The smallest absolute Gasteiger partial charge is 0.876 e. The van der Waals surface area contributed by atoms with Gasteiger partial charge in [-0.2, -0.15) is 0 Å². The molecule has 0 aromatic heterocycles. The van der Waals surface area contributed by atoms with E-state index in [0.717, 1.165) is 12.8 Å². The molecule has 0 spiro atoms. The number of hydrogen-bond acceptors (Lipinski definition) is 1. The first-order valence-electron chi connectivity index (χ1n) is 4.15. The van der Waals surface area contributed by atoms with Crippen LogP contribution in [0.2, 0.25) is 0 Å². The summed E-state index contributed by atoms with van der Waals surface area (Å²) in [5, 5.41) is 11.0. The van der Waals surface area contributed by atoms with Crippen molar-refractivity contribution in [2.75, 3.05) is 0 Å². The zero-order valence-corrected chi connectivity index (χ0v) is 7.60. The van der Waals surface area contributed by atoms with Crippen LogP contribution in [0.3, 0.4) is 0 Å². The third-order valence-electron chi connectivity index (χ3n) is 2.07. The summed E-state index contributed by atoms with van der Waals surface area (Å²) in [7, 11) is 0. The van der Waals surface area contributed by atoms with E-state index >= 15 is 0 Å². The van der Waals surface area contributed by atoms with E-state index in [2.05, 4.69) is 6.92 Å². The number of hydrogen-bond donors (Lipinski definition) is 0. The van der Waals surface area contributed by atoms with Gasteiger partial charge in [-0.25, -0.2) is 0 Å². The first kappa shape index (κ1) is 11.1. The molecule has 2 heteroatoms. The minimum absolute atomic E-state index is 0. The summed E-state index contributed by atoms with van der Waals surface area (Å²) in [5.41, 5.74) is 0. The fourth-order valence-corrected chi connectivity index (χ4v) is 1.43. The molecule has 58 valence electrons. The Balaban J connectivity index is 0.000001000. The largest absolute Gasteiger partial charge is 1.00 e. The molecule has 0 aromatic carbocycles. The Morgan fingerprint density at radius 1 is 1.45 bits per heavy atom. The molecule has 0 radical (unpaired) electrons. The van der Waals surface area contributed by atoms with Crippen molar-refractivity contribution >= 4 is 0 Å². The molecule has 1 rings (SSSR count). The molecule has 0 bridgehead atoms. The zero-order valence-electron chi connectivity index (χ0n) is 7.60. The van der Waals surface area contributed by atoms with Crippen LogP contribution in [-0.4, -0.2) is 0 Å². The molecule has 0 aliphatic heterocycles. The number of allylic oxidation sites excluding steroid dienone is 2. The molecular weight excluding hydrogens is 131 g/mol. The monoisotopic (exact) mass is 146 g/mol. The van der Waals surface area contributed by atoms with Gasteiger partial charge in [0.15, 0.2) is 0 Å².